The molecule has 0 amide bonds. The summed E-state index contributed by atoms with van der Waals surface area (Å²) in [7, 11) is 0. The molecule has 2 nitrogen and oxygen atoms in total. The van der Waals surface area contributed by atoms with E-state index in [1.54, 1.807) is 12.2 Å². The second-order valence-corrected chi connectivity index (χ2v) is 5.19. The SMILES string of the molecule is CCCCCCCCCC=CC=CC=CC=CC=CC(=O)O.[AlH3]. The Morgan fingerprint density at radius 2 is 1.22 bits per heavy atom. The lowest BCUT2D eigenvalue weighted by atomic mass is 10.1. The maximum Gasteiger partial charge on any atom is 0.328 e. The molecule has 0 aliphatic heterocycles. The van der Waals surface area contributed by atoms with Crippen molar-refractivity contribution >= 4 is 23.3 Å². The van der Waals surface area contributed by atoms with Gasteiger partial charge in [-0.05, 0) is 12.8 Å². The van der Waals surface area contributed by atoms with Crippen LogP contribution < -0.4 is 0 Å². The van der Waals surface area contributed by atoms with E-state index in [0.717, 1.165) is 12.5 Å². The summed E-state index contributed by atoms with van der Waals surface area (Å²) in [4.78, 5) is 10.2. The molecule has 0 heterocycles. The minimum atomic E-state index is -0.931. The van der Waals surface area contributed by atoms with Gasteiger partial charge in [0.05, 0.1) is 0 Å². The number of hydrogen-bond acceptors (Lipinski definition) is 1. The van der Waals surface area contributed by atoms with Crippen molar-refractivity contribution in [3.63, 3.8) is 0 Å². The maximum absolute atomic E-state index is 10.2. The number of aliphatic carboxylic acids is 1. The fourth-order valence-corrected chi connectivity index (χ4v) is 1.92. The molecule has 0 aliphatic carbocycles. The van der Waals surface area contributed by atoms with Gasteiger partial charge < -0.3 is 5.11 Å². The van der Waals surface area contributed by atoms with Gasteiger partial charge in [0.1, 0.15) is 0 Å². The molecule has 0 saturated carbocycles. The molecular weight excluding hydrogens is 299 g/mol. The van der Waals surface area contributed by atoms with Crippen molar-refractivity contribution in [1.29, 1.82) is 0 Å². The summed E-state index contributed by atoms with van der Waals surface area (Å²) < 4.78 is 0. The highest BCUT2D eigenvalue weighted by atomic mass is 27.0. The Balaban J connectivity index is 0. The summed E-state index contributed by atoms with van der Waals surface area (Å²) in [5, 5.41) is 8.38. The highest BCUT2D eigenvalue weighted by molar-refractivity contribution is 5.80. The molecule has 0 spiro atoms. The Morgan fingerprint density at radius 1 is 0.739 bits per heavy atom. The largest absolute Gasteiger partial charge is 0.478 e. The fraction of sp³-hybridized carbons (Fsp3) is 0.450. The molecule has 3 heteroatoms. The lowest BCUT2D eigenvalue weighted by Crippen LogP contribution is -1.84. The molecule has 0 aromatic heterocycles. The number of allylic oxidation sites excluding steroid dienone is 9. The van der Waals surface area contributed by atoms with Crippen LogP contribution in [0.25, 0.3) is 0 Å². The zero-order valence-electron chi connectivity index (χ0n) is 13.8. The first kappa shape index (κ1) is 24.0. The topological polar surface area (TPSA) is 37.3 Å². The molecule has 0 rings (SSSR count). The van der Waals surface area contributed by atoms with E-state index in [9.17, 15) is 4.79 Å². The second kappa shape index (κ2) is 20.7. The molecule has 0 atom stereocenters. The van der Waals surface area contributed by atoms with E-state index < -0.39 is 5.97 Å². The van der Waals surface area contributed by atoms with Crippen LogP contribution in [-0.2, 0) is 4.79 Å². The molecule has 23 heavy (non-hydrogen) atoms. The van der Waals surface area contributed by atoms with Crippen LogP contribution in [0.1, 0.15) is 58.3 Å². The smallest absolute Gasteiger partial charge is 0.328 e. The summed E-state index contributed by atoms with van der Waals surface area (Å²) in [5.74, 6) is -0.931. The zero-order valence-corrected chi connectivity index (χ0v) is 13.8. The van der Waals surface area contributed by atoms with E-state index in [1.807, 2.05) is 24.3 Å². The van der Waals surface area contributed by atoms with Gasteiger partial charge in [0.25, 0.3) is 0 Å². The Morgan fingerprint density at radius 3 is 1.78 bits per heavy atom. The van der Waals surface area contributed by atoms with Crippen LogP contribution in [0.4, 0.5) is 0 Å². The zero-order chi connectivity index (χ0) is 16.3. The monoisotopic (exact) mass is 332 g/mol. The minimum Gasteiger partial charge on any atom is -0.478 e. The van der Waals surface area contributed by atoms with Gasteiger partial charge in [0.2, 0.25) is 0 Å². The van der Waals surface area contributed by atoms with Gasteiger partial charge >= 0.3 is 5.97 Å². The molecule has 0 saturated heterocycles. The molecule has 128 valence electrons. The van der Waals surface area contributed by atoms with E-state index in [2.05, 4.69) is 19.1 Å². The number of carbonyl (C=O) groups is 1. The Labute approximate surface area is 152 Å². The van der Waals surface area contributed by atoms with E-state index in [0.29, 0.717) is 0 Å². The first-order valence-corrected chi connectivity index (χ1v) is 8.33. The van der Waals surface area contributed by atoms with Gasteiger partial charge in [0.15, 0.2) is 17.4 Å². The first-order valence-electron chi connectivity index (χ1n) is 8.33. The summed E-state index contributed by atoms with van der Waals surface area (Å²) in [6.07, 6.45) is 28.8. The van der Waals surface area contributed by atoms with Crippen molar-refractivity contribution < 1.29 is 9.90 Å². The van der Waals surface area contributed by atoms with Crippen LogP contribution >= 0.6 is 0 Å². The third kappa shape index (κ3) is 23.1. The van der Waals surface area contributed by atoms with Crippen molar-refractivity contribution in [2.45, 2.75) is 58.3 Å². The highest BCUT2D eigenvalue weighted by Gasteiger charge is 1.88. The van der Waals surface area contributed by atoms with Crippen molar-refractivity contribution in [3.8, 4) is 0 Å². The van der Waals surface area contributed by atoms with Gasteiger partial charge in [-0.15, -0.1) is 0 Å². The van der Waals surface area contributed by atoms with Gasteiger partial charge in [-0.3, -0.25) is 0 Å². The number of unbranched alkanes of at least 4 members (excludes halogenated alkanes) is 7. The predicted octanol–water partition coefficient (Wildman–Crippen LogP) is 4.81. The third-order valence-electron chi connectivity index (χ3n) is 3.13. The summed E-state index contributed by atoms with van der Waals surface area (Å²) in [6, 6.07) is 0. The normalized spacial score (nSPS) is 12.2. The minimum absolute atomic E-state index is 0. The molecule has 0 bridgehead atoms. The highest BCUT2D eigenvalue weighted by Crippen LogP contribution is 2.08. The van der Waals surface area contributed by atoms with Crippen LogP contribution in [0.2, 0.25) is 0 Å². The van der Waals surface area contributed by atoms with E-state index >= 15 is 0 Å². The van der Waals surface area contributed by atoms with Crippen LogP contribution in [0.15, 0.2) is 60.8 Å². The van der Waals surface area contributed by atoms with Crippen molar-refractivity contribution in [3.05, 3.63) is 60.8 Å². The van der Waals surface area contributed by atoms with Gasteiger partial charge in [-0.2, -0.15) is 0 Å². The number of hydrogen-bond donors (Lipinski definition) is 1. The third-order valence-corrected chi connectivity index (χ3v) is 3.13. The standard InChI is InChI=1S/C20H30O2.Al.3H/c1-2-3-4-5-6-7-8-9-10-11-12-13-14-15-16-17-18-19-20(21)22;;;;/h10-19H,2-9H2,1H3,(H,21,22);;;;. The Kier molecular flexibility index (Phi) is 21.6. The van der Waals surface area contributed by atoms with E-state index in [1.165, 1.54) is 51.0 Å². The Bertz CT molecular complexity index is 404. The molecule has 0 fully saturated rings. The molecule has 0 aromatic carbocycles. The first-order chi connectivity index (χ1) is 10.8. The van der Waals surface area contributed by atoms with E-state index in [-0.39, 0.29) is 17.4 Å². The van der Waals surface area contributed by atoms with Gasteiger partial charge in [-0.25, -0.2) is 4.79 Å². The number of carboxylic acid groups (broad SMARTS) is 1. The molecule has 0 aliphatic rings. The summed E-state index contributed by atoms with van der Waals surface area (Å²) in [5.41, 5.74) is 0. The van der Waals surface area contributed by atoms with Crippen LogP contribution in [0.3, 0.4) is 0 Å². The van der Waals surface area contributed by atoms with E-state index in [4.69, 9.17) is 5.11 Å². The van der Waals surface area contributed by atoms with Crippen molar-refractivity contribution in [2.75, 3.05) is 0 Å². The lowest BCUT2D eigenvalue weighted by Gasteiger charge is -1.98. The molecule has 0 aromatic rings. The molecule has 1 N–H and O–H groups in total. The van der Waals surface area contributed by atoms with Crippen molar-refractivity contribution in [1.82, 2.24) is 0 Å². The Hall–Kier alpha value is -1.30. The summed E-state index contributed by atoms with van der Waals surface area (Å²) in [6.45, 7) is 2.25. The number of rotatable bonds is 13. The molecule has 0 unspecified atom stereocenters. The second-order valence-electron chi connectivity index (χ2n) is 5.19. The van der Waals surface area contributed by atoms with Crippen LogP contribution in [0.5, 0.6) is 0 Å². The van der Waals surface area contributed by atoms with Gasteiger partial charge in [-0.1, -0.05) is 100 Å². The van der Waals surface area contributed by atoms with Crippen molar-refractivity contribution in [2.24, 2.45) is 0 Å². The van der Waals surface area contributed by atoms with Crippen LogP contribution in [-0.4, -0.2) is 28.4 Å². The predicted molar refractivity (Wildman–Crippen MR) is 106 cm³/mol. The maximum atomic E-state index is 10.2. The quantitative estimate of drug-likeness (QED) is 0.227. The summed E-state index contributed by atoms with van der Waals surface area (Å²) >= 11 is 0. The molecule has 0 radical (unpaired) electrons. The van der Waals surface area contributed by atoms with Crippen LogP contribution in [0, 0.1) is 0 Å². The lowest BCUT2D eigenvalue weighted by molar-refractivity contribution is -0.131. The fourth-order valence-electron chi connectivity index (χ4n) is 1.92. The van der Waals surface area contributed by atoms with Gasteiger partial charge in [0, 0.05) is 6.08 Å². The molecular formula is C20H33AlO2. The average molecular weight is 332 g/mol. The number of carboxylic acids is 1. The average Bonchev–Trinajstić information content (AvgIpc) is 2.50.